The predicted octanol–water partition coefficient (Wildman–Crippen LogP) is -1.13. The number of hydrogen-bond acceptors (Lipinski definition) is 4. The lowest BCUT2D eigenvalue weighted by Gasteiger charge is -2.04. The van der Waals surface area contributed by atoms with Gasteiger partial charge in [-0.3, -0.25) is 14.3 Å². The van der Waals surface area contributed by atoms with E-state index >= 15 is 0 Å². The second-order valence-electron chi connectivity index (χ2n) is 3.54. The van der Waals surface area contributed by atoms with E-state index in [1.54, 1.807) is 0 Å². The van der Waals surface area contributed by atoms with Gasteiger partial charge < -0.3 is 0 Å². The monoisotopic (exact) mass is 255 g/mol. The van der Waals surface area contributed by atoms with Gasteiger partial charge in [0.25, 0.3) is 5.56 Å². The maximum atomic E-state index is 11.5. The van der Waals surface area contributed by atoms with Crippen molar-refractivity contribution >= 4 is 20.9 Å². The minimum absolute atomic E-state index is 0.0959. The van der Waals surface area contributed by atoms with Gasteiger partial charge in [-0.05, 0) is 18.2 Å². The van der Waals surface area contributed by atoms with Gasteiger partial charge in [0.2, 0.25) is 10.0 Å². The lowest BCUT2D eigenvalue weighted by atomic mass is 10.2. The molecule has 0 saturated carbocycles. The van der Waals surface area contributed by atoms with E-state index in [2.05, 4.69) is 4.98 Å². The van der Waals surface area contributed by atoms with Crippen molar-refractivity contribution in [2.24, 2.45) is 12.2 Å². The molecule has 8 heteroatoms. The molecule has 17 heavy (non-hydrogen) atoms. The standard InChI is InChI=1S/C9H9N3O4S/c1-12-7-3-2-5(17(10,15)16)4-6(7)8(13)11-9(12)14/h2-4H,1H3,(H2,10,15,16)(H,11,13,14). The summed E-state index contributed by atoms with van der Waals surface area (Å²) in [6.45, 7) is 0. The molecule has 0 aliphatic heterocycles. The SMILES string of the molecule is Cn1c(=O)[nH]c(=O)c2cc(S(N)(=O)=O)ccc21. The summed E-state index contributed by atoms with van der Waals surface area (Å²) in [6, 6.07) is 3.76. The van der Waals surface area contributed by atoms with Gasteiger partial charge in [0.1, 0.15) is 0 Å². The van der Waals surface area contributed by atoms with Crippen LogP contribution in [0.5, 0.6) is 0 Å². The van der Waals surface area contributed by atoms with Gasteiger partial charge in [0, 0.05) is 7.05 Å². The number of fused-ring (bicyclic) bond motifs is 1. The van der Waals surface area contributed by atoms with Crippen LogP contribution in [0.4, 0.5) is 0 Å². The number of hydrogen-bond donors (Lipinski definition) is 2. The topological polar surface area (TPSA) is 115 Å². The molecule has 0 atom stereocenters. The Morgan fingerprint density at radius 3 is 2.53 bits per heavy atom. The highest BCUT2D eigenvalue weighted by Gasteiger charge is 2.11. The average molecular weight is 255 g/mol. The van der Waals surface area contributed by atoms with E-state index in [4.69, 9.17) is 5.14 Å². The Balaban J connectivity index is 2.99. The Kier molecular flexibility index (Phi) is 2.40. The van der Waals surface area contributed by atoms with Crippen LogP contribution < -0.4 is 16.4 Å². The third-order valence-corrected chi connectivity index (χ3v) is 3.34. The first-order valence-corrected chi connectivity index (χ1v) is 6.11. The van der Waals surface area contributed by atoms with Crippen molar-refractivity contribution in [1.82, 2.24) is 9.55 Å². The molecule has 0 spiro atoms. The molecule has 3 N–H and O–H groups in total. The van der Waals surface area contributed by atoms with Crippen LogP contribution in [-0.2, 0) is 17.1 Å². The third kappa shape index (κ3) is 1.87. The number of rotatable bonds is 1. The number of aryl methyl sites for hydroxylation is 1. The van der Waals surface area contributed by atoms with Gasteiger partial charge in [0.15, 0.2) is 0 Å². The van der Waals surface area contributed by atoms with Crippen LogP contribution in [0, 0.1) is 0 Å². The zero-order valence-corrected chi connectivity index (χ0v) is 9.61. The summed E-state index contributed by atoms with van der Waals surface area (Å²) in [5.74, 6) is 0. The van der Waals surface area contributed by atoms with E-state index in [9.17, 15) is 18.0 Å². The molecule has 0 amide bonds. The maximum Gasteiger partial charge on any atom is 0.328 e. The van der Waals surface area contributed by atoms with Crippen LogP contribution >= 0.6 is 0 Å². The number of nitrogens with two attached hydrogens (primary N) is 1. The molecule has 0 fully saturated rings. The molecule has 1 aromatic carbocycles. The summed E-state index contributed by atoms with van der Waals surface area (Å²) in [7, 11) is -2.40. The number of sulfonamides is 1. The Morgan fingerprint density at radius 1 is 1.29 bits per heavy atom. The van der Waals surface area contributed by atoms with Gasteiger partial charge in [-0.25, -0.2) is 18.4 Å². The molecule has 0 saturated heterocycles. The van der Waals surface area contributed by atoms with E-state index in [1.165, 1.54) is 23.7 Å². The molecule has 0 aliphatic carbocycles. The molecule has 2 rings (SSSR count). The fourth-order valence-corrected chi connectivity index (χ4v) is 2.06. The van der Waals surface area contributed by atoms with Crippen LogP contribution in [0.1, 0.15) is 0 Å². The molecular formula is C9H9N3O4S. The van der Waals surface area contributed by atoms with Gasteiger partial charge in [-0.2, -0.15) is 0 Å². The van der Waals surface area contributed by atoms with E-state index in [0.717, 1.165) is 6.07 Å². The smallest absolute Gasteiger partial charge is 0.296 e. The van der Waals surface area contributed by atoms with Gasteiger partial charge in [-0.15, -0.1) is 0 Å². The maximum absolute atomic E-state index is 11.5. The second-order valence-corrected chi connectivity index (χ2v) is 5.10. The minimum Gasteiger partial charge on any atom is -0.296 e. The first-order valence-electron chi connectivity index (χ1n) is 4.56. The molecular weight excluding hydrogens is 246 g/mol. The van der Waals surface area contributed by atoms with Crippen LogP contribution in [0.25, 0.3) is 10.9 Å². The molecule has 1 heterocycles. The van der Waals surface area contributed by atoms with Crippen molar-refractivity contribution in [3.05, 3.63) is 39.0 Å². The molecule has 0 aliphatic rings. The van der Waals surface area contributed by atoms with E-state index in [-0.39, 0.29) is 10.3 Å². The van der Waals surface area contributed by atoms with Crippen molar-refractivity contribution < 1.29 is 8.42 Å². The van der Waals surface area contributed by atoms with Crippen LogP contribution in [0.15, 0.2) is 32.7 Å². The van der Waals surface area contributed by atoms with Crippen molar-refractivity contribution in [3.8, 4) is 0 Å². The number of benzene rings is 1. The fraction of sp³-hybridized carbons (Fsp3) is 0.111. The van der Waals surface area contributed by atoms with Crippen LogP contribution in [0.3, 0.4) is 0 Å². The summed E-state index contributed by atoms with van der Waals surface area (Å²) in [4.78, 5) is 24.7. The van der Waals surface area contributed by atoms with E-state index in [0.29, 0.717) is 5.52 Å². The lowest BCUT2D eigenvalue weighted by Crippen LogP contribution is -2.28. The lowest BCUT2D eigenvalue weighted by molar-refractivity contribution is 0.598. The molecule has 2 aromatic rings. The summed E-state index contributed by atoms with van der Waals surface area (Å²) in [5.41, 5.74) is -0.870. The fourth-order valence-electron chi connectivity index (χ4n) is 1.52. The van der Waals surface area contributed by atoms with E-state index in [1.807, 2.05) is 0 Å². The number of H-pyrrole nitrogens is 1. The zero-order chi connectivity index (χ0) is 12.8. The van der Waals surface area contributed by atoms with E-state index < -0.39 is 21.3 Å². The Morgan fingerprint density at radius 2 is 1.94 bits per heavy atom. The first-order chi connectivity index (χ1) is 7.80. The summed E-state index contributed by atoms with van der Waals surface area (Å²) >= 11 is 0. The Labute approximate surface area is 95.6 Å². The molecule has 0 radical (unpaired) electrons. The number of nitrogens with one attached hydrogen (secondary N) is 1. The van der Waals surface area contributed by atoms with Crippen LogP contribution in [0.2, 0.25) is 0 Å². The second kappa shape index (κ2) is 3.54. The summed E-state index contributed by atoms with van der Waals surface area (Å²) in [5, 5.41) is 5.05. The molecule has 1 aromatic heterocycles. The Hall–Kier alpha value is -1.93. The molecule has 7 nitrogen and oxygen atoms in total. The highest BCUT2D eigenvalue weighted by molar-refractivity contribution is 7.89. The van der Waals surface area contributed by atoms with Crippen molar-refractivity contribution in [2.45, 2.75) is 4.90 Å². The number of aromatic amines is 1. The van der Waals surface area contributed by atoms with Gasteiger partial charge in [0.05, 0.1) is 15.8 Å². The highest BCUT2D eigenvalue weighted by atomic mass is 32.2. The third-order valence-electron chi connectivity index (χ3n) is 2.43. The first kappa shape index (κ1) is 11.6. The van der Waals surface area contributed by atoms with Crippen molar-refractivity contribution in [2.75, 3.05) is 0 Å². The van der Waals surface area contributed by atoms with Crippen molar-refractivity contribution in [3.63, 3.8) is 0 Å². The zero-order valence-electron chi connectivity index (χ0n) is 8.80. The number of aromatic nitrogens is 2. The molecule has 0 unspecified atom stereocenters. The Bertz CT molecular complexity index is 816. The largest absolute Gasteiger partial charge is 0.328 e. The highest BCUT2D eigenvalue weighted by Crippen LogP contribution is 2.13. The average Bonchev–Trinajstić information content (AvgIpc) is 2.24. The number of nitrogens with zero attached hydrogens (tertiary/aromatic N) is 1. The molecule has 90 valence electrons. The quantitative estimate of drug-likeness (QED) is 0.671. The summed E-state index contributed by atoms with van der Waals surface area (Å²) < 4.78 is 23.5. The number of primary sulfonamides is 1. The minimum atomic E-state index is -3.87. The van der Waals surface area contributed by atoms with Gasteiger partial charge >= 0.3 is 5.69 Å². The van der Waals surface area contributed by atoms with Crippen molar-refractivity contribution in [1.29, 1.82) is 0 Å². The normalized spacial score (nSPS) is 11.9. The van der Waals surface area contributed by atoms with Gasteiger partial charge in [-0.1, -0.05) is 0 Å². The molecule has 0 bridgehead atoms. The predicted molar refractivity (Wildman–Crippen MR) is 61.2 cm³/mol. The summed E-state index contributed by atoms with van der Waals surface area (Å²) in [6.07, 6.45) is 0. The van der Waals surface area contributed by atoms with Crippen LogP contribution in [-0.4, -0.2) is 18.0 Å².